The van der Waals surface area contributed by atoms with Crippen LogP contribution in [0.1, 0.15) is 26.3 Å². The van der Waals surface area contributed by atoms with E-state index in [0.717, 1.165) is 6.54 Å². The van der Waals surface area contributed by atoms with E-state index in [1.54, 1.807) is 0 Å². The molecule has 2 rings (SSSR count). The van der Waals surface area contributed by atoms with Crippen LogP contribution in [0.2, 0.25) is 0 Å². The van der Waals surface area contributed by atoms with Crippen LogP contribution in [-0.4, -0.2) is 17.8 Å². The first-order chi connectivity index (χ1) is 8.20. The van der Waals surface area contributed by atoms with Gasteiger partial charge in [-0.2, -0.15) is 0 Å². The third-order valence-corrected chi connectivity index (χ3v) is 4.44. The molecule has 0 aromatic heterocycles. The molecule has 0 saturated carbocycles. The largest absolute Gasteiger partial charge is 0.310 e. The number of allylic oxidation sites excluding steroid dienone is 1. The number of thioether (sulfide) groups is 1. The Hall–Kier alpha value is -0.730. The summed E-state index contributed by atoms with van der Waals surface area (Å²) < 4.78 is 0. The van der Waals surface area contributed by atoms with Crippen LogP contribution in [0.3, 0.4) is 0 Å². The lowest BCUT2D eigenvalue weighted by molar-refractivity contribution is 0.588. The lowest BCUT2D eigenvalue weighted by Crippen LogP contribution is -2.36. The fourth-order valence-corrected chi connectivity index (χ4v) is 3.67. The number of likely N-dealkylation sites (N-methyl/N-ethyl adjacent to an activating group) is 1. The zero-order valence-corrected chi connectivity index (χ0v) is 11.7. The summed E-state index contributed by atoms with van der Waals surface area (Å²) in [6, 6.07) is 9.27. The molecule has 2 heteroatoms. The van der Waals surface area contributed by atoms with E-state index in [2.05, 4.69) is 56.4 Å². The van der Waals surface area contributed by atoms with E-state index >= 15 is 0 Å². The lowest BCUT2D eigenvalue weighted by atomic mass is 10.0. The van der Waals surface area contributed by atoms with Gasteiger partial charge >= 0.3 is 0 Å². The van der Waals surface area contributed by atoms with E-state index in [1.807, 2.05) is 11.8 Å². The standard InChI is InChI=1S/C15H21NS/c1-4-16-13(9-11(2)3)15-10-12-7-5-6-8-14(12)17-15/h5-9,13,15-16H,4,10H2,1-3H3. The van der Waals surface area contributed by atoms with Crippen molar-refractivity contribution in [3.63, 3.8) is 0 Å². The molecule has 1 aliphatic heterocycles. The maximum Gasteiger partial charge on any atom is 0.0379 e. The predicted octanol–water partition coefficient (Wildman–Crippen LogP) is 3.65. The third kappa shape index (κ3) is 3.14. The van der Waals surface area contributed by atoms with E-state index in [-0.39, 0.29) is 0 Å². The van der Waals surface area contributed by atoms with Gasteiger partial charge in [0.2, 0.25) is 0 Å². The van der Waals surface area contributed by atoms with E-state index in [9.17, 15) is 0 Å². The molecule has 2 unspecified atom stereocenters. The summed E-state index contributed by atoms with van der Waals surface area (Å²) in [4.78, 5) is 1.46. The van der Waals surface area contributed by atoms with Gasteiger partial charge in [0.05, 0.1) is 0 Å². The number of nitrogens with one attached hydrogen (secondary N) is 1. The van der Waals surface area contributed by atoms with E-state index in [1.165, 1.54) is 22.5 Å². The van der Waals surface area contributed by atoms with Crippen LogP contribution in [0.25, 0.3) is 0 Å². The summed E-state index contributed by atoms with van der Waals surface area (Å²) in [5.41, 5.74) is 2.90. The van der Waals surface area contributed by atoms with Crippen LogP contribution in [0.15, 0.2) is 40.8 Å². The van der Waals surface area contributed by atoms with E-state index < -0.39 is 0 Å². The molecule has 92 valence electrons. The molecule has 0 spiro atoms. The van der Waals surface area contributed by atoms with E-state index in [4.69, 9.17) is 0 Å². The molecular weight excluding hydrogens is 226 g/mol. The molecular formula is C15H21NS. The first kappa shape index (κ1) is 12.7. The molecule has 1 aromatic carbocycles. The van der Waals surface area contributed by atoms with Crippen LogP contribution in [0.4, 0.5) is 0 Å². The normalized spacial score (nSPS) is 19.8. The van der Waals surface area contributed by atoms with Gasteiger partial charge in [-0.05, 0) is 38.4 Å². The molecule has 0 saturated heterocycles. The number of fused-ring (bicyclic) bond motifs is 1. The predicted molar refractivity (Wildman–Crippen MR) is 76.7 cm³/mol. The van der Waals surface area contributed by atoms with Crippen LogP contribution in [0, 0.1) is 0 Å². The fraction of sp³-hybridized carbons (Fsp3) is 0.467. The Kier molecular flexibility index (Phi) is 4.30. The van der Waals surface area contributed by atoms with Gasteiger partial charge in [-0.3, -0.25) is 0 Å². The van der Waals surface area contributed by atoms with Crippen molar-refractivity contribution < 1.29 is 0 Å². The van der Waals surface area contributed by atoms with Crippen molar-refractivity contribution in [3.8, 4) is 0 Å². The monoisotopic (exact) mass is 247 g/mol. The molecule has 0 fully saturated rings. The first-order valence-electron chi connectivity index (χ1n) is 6.33. The van der Waals surface area contributed by atoms with Gasteiger partial charge in [-0.25, -0.2) is 0 Å². The maximum absolute atomic E-state index is 3.59. The van der Waals surface area contributed by atoms with Crippen LogP contribution < -0.4 is 5.32 Å². The lowest BCUT2D eigenvalue weighted by Gasteiger charge is -2.20. The highest BCUT2D eigenvalue weighted by Gasteiger charge is 2.27. The number of hydrogen-bond acceptors (Lipinski definition) is 2. The van der Waals surface area contributed by atoms with Crippen LogP contribution in [0.5, 0.6) is 0 Å². The molecule has 0 bridgehead atoms. The minimum Gasteiger partial charge on any atom is -0.310 e. The van der Waals surface area contributed by atoms with Gasteiger partial charge < -0.3 is 5.32 Å². The molecule has 1 aliphatic rings. The minimum atomic E-state index is 0.488. The highest BCUT2D eigenvalue weighted by molar-refractivity contribution is 8.00. The maximum atomic E-state index is 3.59. The van der Waals surface area contributed by atoms with Crippen molar-refractivity contribution in [1.29, 1.82) is 0 Å². The fourth-order valence-electron chi connectivity index (χ4n) is 2.30. The van der Waals surface area contributed by atoms with Crippen molar-refractivity contribution in [2.45, 2.75) is 43.4 Å². The first-order valence-corrected chi connectivity index (χ1v) is 7.21. The van der Waals surface area contributed by atoms with Gasteiger partial charge in [-0.1, -0.05) is 36.8 Å². The smallest absolute Gasteiger partial charge is 0.0379 e. The second-order valence-corrected chi connectivity index (χ2v) is 6.08. The third-order valence-electron chi connectivity index (χ3n) is 3.03. The van der Waals surface area contributed by atoms with Gasteiger partial charge in [-0.15, -0.1) is 11.8 Å². The Balaban J connectivity index is 2.11. The molecule has 0 aliphatic carbocycles. The summed E-state index contributed by atoms with van der Waals surface area (Å²) >= 11 is 2.02. The second-order valence-electron chi connectivity index (χ2n) is 4.80. The van der Waals surface area contributed by atoms with Crippen molar-refractivity contribution >= 4 is 11.8 Å². The quantitative estimate of drug-likeness (QED) is 0.815. The molecule has 1 N–H and O–H groups in total. The van der Waals surface area contributed by atoms with Crippen molar-refractivity contribution in [2.75, 3.05) is 6.54 Å². The molecule has 1 aromatic rings. The summed E-state index contributed by atoms with van der Waals surface area (Å²) in [6.45, 7) is 7.56. The van der Waals surface area contributed by atoms with Crippen molar-refractivity contribution in [2.24, 2.45) is 0 Å². The molecule has 0 radical (unpaired) electrons. The second kappa shape index (κ2) is 5.74. The molecule has 1 heterocycles. The SMILES string of the molecule is CCNC(C=C(C)C)C1Cc2ccccc2S1. The zero-order chi connectivity index (χ0) is 12.3. The molecule has 2 atom stereocenters. The number of benzene rings is 1. The van der Waals surface area contributed by atoms with Crippen LogP contribution >= 0.6 is 11.8 Å². The molecule has 0 amide bonds. The Morgan fingerprint density at radius 1 is 1.47 bits per heavy atom. The summed E-state index contributed by atoms with van der Waals surface area (Å²) in [5.74, 6) is 0. The van der Waals surface area contributed by atoms with Gasteiger partial charge in [0.25, 0.3) is 0 Å². The highest BCUT2D eigenvalue weighted by Crippen LogP contribution is 2.38. The average molecular weight is 247 g/mol. The van der Waals surface area contributed by atoms with Crippen molar-refractivity contribution in [1.82, 2.24) is 5.32 Å². The minimum absolute atomic E-state index is 0.488. The summed E-state index contributed by atoms with van der Waals surface area (Å²) in [7, 11) is 0. The van der Waals surface area contributed by atoms with Crippen molar-refractivity contribution in [3.05, 3.63) is 41.5 Å². The number of hydrogen-bond donors (Lipinski definition) is 1. The van der Waals surface area contributed by atoms with Gasteiger partial charge in [0.15, 0.2) is 0 Å². The Labute approximate surface area is 109 Å². The highest BCUT2D eigenvalue weighted by atomic mass is 32.2. The van der Waals surface area contributed by atoms with Gasteiger partial charge in [0.1, 0.15) is 0 Å². The summed E-state index contributed by atoms with van der Waals surface area (Å²) in [5, 5.41) is 4.23. The Morgan fingerprint density at radius 3 is 2.88 bits per heavy atom. The Morgan fingerprint density at radius 2 is 2.24 bits per heavy atom. The topological polar surface area (TPSA) is 12.0 Å². The Bertz CT molecular complexity index is 382. The van der Waals surface area contributed by atoms with Gasteiger partial charge in [0, 0.05) is 16.2 Å². The summed E-state index contributed by atoms with van der Waals surface area (Å²) in [6.07, 6.45) is 3.55. The van der Waals surface area contributed by atoms with E-state index in [0.29, 0.717) is 11.3 Å². The zero-order valence-electron chi connectivity index (χ0n) is 10.9. The molecule has 1 nitrogen and oxygen atoms in total. The molecule has 17 heavy (non-hydrogen) atoms. The number of rotatable bonds is 4. The van der Waals surface area contributed by atoms with Crippen LogP contribution in [-0.2, 0) is 6.42 Å². The average Bonchev–Trinajstić information content (AvgIpc) is 2.71.